The summed E-state index contributed by atoms with van der Waals surface area (Å²) in [5.41, 5.74) is 3.73. The molecule has 0 aliphatic heterocycles. The fraction of sp³-hybridized carbons (Fsp3) is 0.250. The minimum atomic E-state index is 0.381. The van der Waals surface area contributed by atoms with Crippen LogP contribution in [-0.2, 0) is 12.8 Å². The van der Waals surface area contributed by atoms with Crippen LogP contribution >= 0.6 is 27.5 Å². The van der Waals surface area contributed by atoms with Crippen molar-refractivity contribution in [3.63, 3.8) is 0 Å². The molecule has 104 valence electrons. The lowest BCUT2D eigenvalue weighted by atomic mass is 10.1. The second-order valence-corrected chi connectivity index (χ2v) is 6.36. The van der Waals surface area contributed by atoms with E-state index in [-0.39, 0.29) is 0 Å². The van der Waals surface area contributed by atoms with Gasteiger partial charge in [0.05, 0.1) is 12.8 Å². The molecular formula is C16H15BrClNO. The van der Waals surface area contributed by atoms with Crippen LogP contribution in [0.1, 0.15) is 11.1 Å². The highest BCUT2D eigenvalue weighted by atomic mass is 79.9. The molecule has 0 amide bonds. The van der Waals surface area contributed by atoms with E-state index >= 15 is 0 Å². The molecule has 0 aromatic heterocycles. The summed E-state index contributed by atoms with van der Waals surface area (Å²) in [6, 6.07) is 12.5. The van der Waals surface area contributed by atoms with Crippen molar-refractivity contribution in [1.82, 2.24) is 0 Å². The first-order valence-electron chi connectivity index (χ1n) is 6.53. The average molecular weight is 353 g/mol. The Hall–Kier alpha value is -1.19. The molecule has 1 atom stereocenters. The molecule has 2 aromatic carbocycles. The van der Waals surface area contributed by atoms with Crippen LogP contribution in [0.25, 0.3) is 0 Å². The zero-order chi connectivity index (χ0) is 14.1. The summed E-state index contributed by atoms with van der Waals surface area (Å²) in [5, 5.41) is 4.38. The van der Waals surface area contributed by atoms with E-state index in [1.54, 1.807) is 7.11 Å². The van der Waals surface area contributed by atoms with Crippen molar-refractivity contribution in [2.24, 2.45) is 0 Å². The van der Waals surface area contributed by atoms with Crippen LogP contribution in [0.5, 0.6) is 5.75 Å². The maximum absolute atomic E-state index is 6.05. The van der Waals surface area contributed by atoms with Gasteiger partial charge in [-0.25, -0.2) is 0 Å². The average Bonchev–Trinajstić information content (AvgIpc) is 2.80. The number of benzene rings is 2. The molecule has 1 N–H and O–H groups in total. The molecule has 0 fully saturated rings. The molecule has 0 bridgehead atoms. The predicted octanol–water partition coefficient (Wildman–Crippen LogP) is 4.69. The summed E-state index contributed by atoms with van der Waals surface area (Å²) < 4.78 is 6.44. The lowest BCUT2D eigenvalue weighted by Gasteiger charge is -2.16. The van der Waals surface area contributed by atoms with Gasteiger partial charge in [-0.1, -0.05) is 33.6 Å². The van der Waals surface area contributed by atoms with E-state index in [1.807, 2.05) is 18.2 Å². The Kier molecular flexibility index (Phi) is 3.90. The van der Waals surface area contributed by atoms with Crippen LogP contribution in [0, 0.1) is 0 Å². The maximum Gasteiger partial charge on any atom is 0.142 e. The number of hydrogen-bond donors (Lipinski definition) is 1. The highest BCUT2D eigenvalue weighted by Crippen LogP contribution is 2.32. The summed E-state index contributed by atoms with van der Waals surface area (Å²) in [7, 11) is 1.69. The Morgan fingerprint density at radius 2 is 1.95 bits per heavy atom. The SMILES string of the molecule is COc1ccc(Br)cc1NC1Cc2ccc(Cl)cc2C1. The van der Waals surface area contributed by atoms with Crippen LogP contribution in [0.3, 0.4) is 0 Å². The van der Waals surface area contributed by atoms with Gasteiger partial charge in [-0.15, -0.1) is 0 Å². The molecule has 1 aliphatic rings. The Balaban J connectivity index is 1.79. The third-order valence-electron chi connectivity index (χ3n) is 3.62. The molecule has 0 saturated heterocycles. The Bertz CT molecular complexity index is 644. The van der Waals surface area contributed by atoms with E-state index < -0.39 is 0 Å². The third-order valence-corrected chi connectivity index (χ3v) is 4.35. The van der Waals surface area contributed by atoms with Crippen molar-refractivity contribution in [3.8, 4) is 5.75 Å². The van der Waals surface area contributed by atoms with Crippen LogP contribution in [0.4, 0.5) is 5.69 Å². The maximum atomic E-state index is 6.05. The molecule has 20 heavy (non-hydrogen) atoms. The van der Waals surface area contributed by atoms with Crippen molar-refractivity contribution >= 4 is 33.2 Å². The van der Waals surface area contributed by atoms with Gasteiger partial charge >= 0.3 is 0 Å². The molecule has 0 heterocycles. The summed E-state index contributed by atoms with van der Waals surface area (Å²) in [4.78, 5) is 0. The number of nitrogens with one attached hydrogen (secondary N) is 1. The second kappa shape index (κ2) is 5.66. The second-order valence-electron chi connectivity index (χ2n) is 5.01. The normalized spacial score (nSPS) is 16.9. The van der Waals surface area contributed by atoms with E-state index in [2.05, 4.69) is 39.4 Å². The standard InChI is InChI=1S/C16H15BrClNO/c1-20-16-5-3-12(17)9-15(16)19-14-7-10-2-4-13(18)6-11(10)8-14/h2-6,9,14,19H,7-8H2,1H3. The van der Waals surface area contributed by atoms with E-state index in [4.69, 9.17) is 16.3 Å². The zero-order valence-corrected chi connectivity index (χ0v) is 13.5. The molecule has 1 unspecified atom stereocenters. The van der Waals surface area contributed by atoms with Gasteiger partial charge in [-0.3, -0.25) is 0 Å². The number of anilines is 1. The summed E-state index contributed by atoms with van der Waals surface area (Å²) >= 11 is 9.55. The fourth-order valence-electron chi connectivity index (χ4n) is 2.70. The molecule has 0 saturated carbocycles. The monoisotopic (exact) mass is 351 g/mol. The minimum absolute atomic E-state index is 0.381. The van der Waals surface area contributed by atoms with E-state index in [9.17, 15) is 0 Å². The van der Waals surface area contributed by atoms with Gasteiger partial charge in [-0.2, -0.15) is 0 Å². The Morgan fingerprint density at radius 1 is 1.15 bits per heavy atom. The highest BCUT2D eigenvalue weighted by molar-refractivity contribution is 9.10. The number of rotatable bonds is 3. The van der Waals surface area contributed by atoms with Gasteiger partial charge in [0.25, 0.3) is 0 Å². The molecule has 2 aromatic rings. The van der Waals surface area contributed by atoms with Crippen molar-refractivity contribution in [1.29, 1.82) is 0 Å². The van der Waals surface area contributed by atoms with Gasteiger partial charge in [-0.05, 0) is 54.3 Å². The van der Waals surface area contributed by atoms with E-state index in [0.717, 1.165) is 33.8 Å². The first kappa shape index (κ1) is 13.8. The van der Waals surface area contributed by atoms with Crippen LogP contribution in [-0.4, -0.2) is 13.2 Å². The van der Waals surface area contributed by atoms with Gasteiger partial charge in [0, 0.05) is 15.5 Å². The van der Waals surface area contributed by atoms with Gasteiger partial charge in [0.15, 0.2) is 0 Å². The minimum Gasteiger partial charge on any atom is -0.495 e. The van der Waals surface area contributed by atoms with E-state index in [0.29, 0.717) is 6.04 Å². The van der Waals surface area contributed by atoms with Crippen molar-refractivity contribution in [3.05, 3.63) is 57.0 Å². The molecule has 0 spiro atoms. The smallest absolute Gasteiger partial charge is 0.142 e. The van der Waals surface area contributed by atoms with Crippen molar-refractivity contribution in [2.45, 2.75) is 18.9 Å². The lowest BCUT2D eigenvalue weighted by molar-refractivity contribution is 0.416. The summed E-state index contributed by atoms with van der Waals surface area (Å²) in [5.74, 6) is 0.863. The third kappa shape index (κ3) is 2.79. The van der Waals surface area contributed by atoms with Gasteiger partial charge in [0.1, 0.15) is 5.75 Å². The largest absolute Gasteiger partial charge is 0.495 e. The molecule has 3 rings (SSSR count). The number of methoxy groups -OCH3 is 1. The fourth-order valence-corrected chi connectivity index (χ4v) is 3.26. The summed E-state index contributed by atoms with van der Waals surface area (Å²) in [6.45, 7) is 0. The molecular weight excluding hydrogens is 338 g/mol. The Labute approximate surface area is 132 Å². The summed E-state index contributed by atoms with van der Waals surface area (Å²) in [6.07, 6.45) is 2.01. The van der Waals surface area contributed by atoms with Crippen LogP contribution in [0.2, 0.25) is 5.02 Å². The van der Waals surface area contributed by atoms with Gasteiger partial charge in [0.2, 0.25) is 0 Å². The van der Waals surface area contributed by atoms with Crippen LogP contribution in [0.15, 0.2) is 40.9 Å². The van der Waals surface area contributed by atoms with E-state index in [1.165, 1.54) is 11.1 Å². The van der Waals surface area contributed by atoms with Gasteiger partial charge < -0.3 is 10.1 Å². The molecule has 2 nitrogen and oxygen atoms in total. The molecule has 1 aliphatic carbocycles. The van der Waals surface area contributed by atoms with Crippen molar-refractivity contribution < 1.29 is 4.74 Å². The first-order valence-corrected chi connectivity index (χ1v) is 7.70. The predicted molar refractivity (Wildman–Crippen MR) is 87.0 cm³/mol. The number of halogens is 2. The number of hydrogen-bond acceptors (Lipinski definition) is 2. The zero-order valence-electron chi connectivity index (χ0n) is 11.1. The number of fused-ring (bicyclic) bond motifs is 1. The van der Waals surface area contributed by atoms with Crippen LogP contribution < -0.4 is 10.1 Å². The first-order chi connectivity index (χ1) is 9.65. The Morgan fingerprint density at radius 3 is 2.75 bits per heavy atom. The molecule has 4 heteroatoms. The lowest BCUT2D eigenvalue weighted by Crippen LogP contribution is -2.19. The molecule has 0 radical (unpaired) electrons. The topological polar surface area (TPSA) is 21.3 Å². The quantitative estimate of drug-likeness (QED) is 0.865. The van der Waals surface area contributed by atoms with Crippen molar-refractivity contribution in [2.75, 3.05) is 12.4 Å². The number of ether oxygens (including phenoxy) is 1. The highest BCUT2D eigenvalue weighted by Gasteiger charge is 2.22.